The molecule has 2 unspecified atom stereocenters. The maximum atomic E-state index is 10.8. The Balaban J connectivity index is 1.61. The summed E-state index contributed by atoms with van der Waals surface area (Å²) in [7, 11) is 0. The maximum absolute atomic E-state index is 10.8. The van der Waals surface area contributed by atoms with Crippen molar-refractivity contribution in [1.29, 1.82) is 0 Å². The van der Waals surface area contributed by atoms with Crippen LogP contribution in [0.2, 0.25) is 0 Å². The normalized spacial score (nSPS) is 17.1. The van der Waals surface area contributed by atoms with Gasteiger partial charge in [-0.3, -0.25) is 0 Å². The molecule has 0 radical (unpaired) electrons. The maximum Gasteiger partial charge on any atom is 0.119 e. The summed E-state index contributed by atoms with van der Waals surface area (Å²) in [6, 6.07) is 16.3. The predicted octanol–water partition coefficient (Wildman–Crippen LogP) is 5.82. The zero-order valence-electron chi connectivity index (χ0n) is 16.6. The summed E-state index contributed by atoms with van der Waals surface area (Å²) in [5.74, 6) is 0.798. The van der Waals surface area contributed by atoms with Crippen molar-refractivity contribution in [2.24, 2.45) is 5.41 Å². The van der Waals surface area contributed by atoms with E-state index in [0.29, 0.717) is 6.61 Å². The standard InChI is InChI=1S/C24H31NO2/c1-4-5-15-24(2,3)23(26)19-10-8-11-21(16-19)27-17-20-14-13-18-9-6-7-12-22(18)25-20/h6-14,16,20,23,25-26H,4-5,15,17H2,1-3H3. The molecule has 0 spiro atoms. The van der Waals surface area contributed by atoms with E-state index >= 15 is 0 Å². The quantitative estimate of drug-likeness (QED) is 0.619. The van der Waals surface area contributed by atoms with Gasteiger partial charge in [0.25, 0.3) is 0 Å². The summed E-state index contributed by atoms with van der Waals surface area (Å²) >= 11 is 0. The molecule has 0 saturated heterocycles. The zero-order valence-corrected chi connectivity index (χ0v) is 16.6. The highest BCUT2D eigenvalue weighted by atomic mass is 16.5. The Labute approximate surface area is 163 Å². The molecule has 0 aliphatic carbocycles. The van der Waals surface area contributed by atoms with Crippen LogP contribution >= 0.6 is 0 Å². The number of nitrogens with one attached hydrogen (secondary N) is 1. The number of aliphatic hydroxyl groups is 1. The first-order valence-corrected chi connectivity index (χ1v) is 9.94. The number of hydrogen-bond donors (Lipinski definition) is 2. The number of anilines is 1. The highest BCUT2D eigenvalue weighted by molar-refractivity contribution is 5.70. The Morgan fingerprint density at radius 3 is 2.78 bits per heavy atom. The van der Waals surface area contributed by atoms with Gasteiger partial charge in [0, 0.05) is 5.69 Å². The molecule has 3 rings (SSSR count). The molecule has 1 heterocycles. The van der Waals surface area contributed by atoms with Crippen molar-refractivity contribution in [3.8, 4) is 5.75 Å². The fourth-order valence-corrected chi connectivity index (χ4v) is 3.52. The van der Waals surface area contributed by atoms with Gasteiger partial charge in [-0.1, -0.05) is 76.1 Å². The Morgan fingerprint density at radius 2 is 1.96 bits per heavy atom. The average Bonchev–Trinajstić information content (AvgIpc) is 2.70. The van der Waals surface area contributed by atoms with E-state index in [1.165, 1.54) is 5.56 Å². The number of rotatable bonds is 8. The number of hydrogen-bond acceptors (Lipinski definition) is 3. The predicted molar refractivity (Wildman–Crippen MR) is 113 cm³/mol. The summed E-state index contributed by atoms with van der Waals surface area (Å²) in [4.78, 5) is 0. The van der Waals surface area contributed by atoms with Crippen LogP contribution < -0.4 is 10.1 Å². The van der Waals surface area contributed by atoms with Crippen LogP contribution in [-0.2, 0) is 0 Å². The Kier molecular flexibility index (Phi) is 6.22. The van der Waals surface area contributed by atoms with E-state index in [0.717, 1.165) is 36.3 Å². The Hall–Kier alpha value is -2.26. The molecular weight excluding hydrogens is 334 g/mol. The van der Waals surface area contributed by atoms with Crippen LogP contribution in [-0.4, -0.2) is 17.8 Å². The number of benzene rings is 2. The average molecular weight is 366 g/mol. The molecule has 0 saturated carbocycles. The molecule has 0 aromatic heterocycles. The first-order chi connectivity index (χ1) is 13.0. The molecule has 1 aliphatic rings. The van der Waals surface area contributed by atoms with E-state index in [1.54, 1.807) is 0 Å². The topological polar surface area (TPSA) is 41.5 Å². The van der Waals surface area contributed by atoms with E-state index < -0.39 is 6.10 Å². The van der Waals surface area contributed by atoms with Gasteiger partial charge < -0.3 is 15.2 Å². The van der Waals surface area contributed by atoms with Gasteiger partial charge in [-0.2, -0.15) is 0 Å². The van der Waals surface area contributed by atoms with Crippen molar-refractivity contribution in [1.82, 2.24) is 0 Å². The smallest absolute Gasteiger partial charge is 0.119 e. The number of fused-ring (bicyclic) bond motifs is 1. The molecule has 2 aromatic rings. The highest BCUT2D eigenvalue weighted by Gasteiger charge is 2.28. The summed E-state index contributed by atoms with van der Waals surface area (Å²) < 4.78 is 6.02. The van der Waals surface area contributed by atoms with Gasteiger partial charge >= 0.3 is 0 Å². The lowest BCUT2D eigenvalue weighted by atomic mass is 9.78. The molecule has 3 heteroatoms. The minimum atomic E-state index is -0.493. The van der Waals surface area contributed by atoms with Crippen LogP contribution in [0.5, 0.6) is 5.75 Å². The molecule has 0 bridgehead atoms. The second kappa shape index (κ2) is 8.62. The molecular formula is C24H31NO2. The third kappa shape index (κ3) is 4.92. The molecule has 2 N–H and O–H groups in total. The van der Waals surface area contributed by atoms with Crippen LogP contribution in [0.15, 0.2) is 54.6 Å². The van der Waals surface area contributed by atoms with Crippen molar-refractivity contribution >= 4 is 11.8 Å². The minimum absolute atomic E-state index is 0.134. The molecule has 3 nitrogen and oxygen atoms in total. The van der Waals surface area contributed by atoms with Crippen molar-refractivity contribution in [2.45, 2.75) is 52.2 Å². The second-order valence-electron chi connectivity index (χ2n) is 8.08. The highest BCUT2D eigenvalue weighted by Crippen LogP contribution is 2.38. The fourth-order valence-electron chi connectivity index (χ4n) is 3.52. The van der Waals surface area contributed by atoms with Gasteiger partial charge in [0.15, 0.2) is 0 Å². The molecule has 2 atom stereocenters. The molecule has 27 heavy (non-hydrogen) atoms. The number of aliphatic hydroxyl groups excluding tert-OH is 1. The SMILES string of the molecule is CCCCC(C)(C)C(O)c1cccc(OCC2C=Cc3ccccc3N2)c1. The van der Waals surface area contributed by atoms with Gasteiger partial charge in [-0.25, -0.2) is 0 Å². The van der Waals surface area contributed by atoms with E-state index in [2.05, 4.69) is 50.4 Å². The van der Waals surface area contributed by atoms with Gasteiger partial charge in [0.05, 0.1) is 12.1 Å². The lowest BCUT2D eigenvalue weighted by molar-refractivity contribution is 0.0412. The summed E-state index contributed by atoms with van der Waals surface area (Å²) in [5, 5.41) is 14.3. The summed E-state index contributed by atoms with van der Waals surface area (Å²) in [6.07, 6.45) is 7.05. The lowest BCUT2D eigenvalue weighted by Crippen LogP contribution is -2.27. The number of unbranched alkanes of at least 4 members (excludes halogenated alkanes) is 1. The third-order valence-electron chi connectivity index (χ3n) is 5.33. The van der Waals surface area contributed by atoms with Crippen LogP contribution in [0, 0.1) is 5.41 Å². The van der Waals surface area contributed by atoms with Gasteiger partial charge in [-0.15, -0.1) is 0 Å². The van der Waals surface area contributed by atoms with Crippen LogP contribution in [0.25, 0.3) is 6.08 Å². The van der Waals surface area contributed by atoms with Gasteiger partial charge in [0.2, 0.25) is 0 Å². The van der Waals surface area contributed by atoms with Crippen LogP contribution in [0.4, 0.5) is 5.69 Å². The largest absolute Gasteiger partial charge is 0.491 e. The Bertz CT molecular complexity index is 781. The summed E-state index contributed by atoms with van der Waals surface area (Å²) in [5.41, 5.74) is 3.11. The van der Waals surface area contributed by atoms with E-state index in [9.17, 15) is 5.11 Å². The number of ether oxygens (including phenoxy) is 1. The molecule has 1 aliphatic heterocycles. The summed E-state index contributed by atoms with van der Waals surface area (Å²) in [6.45, 7) is 7.00. The molecule has 0 fully saturated rings. The molecule has 2 aromatic carbocycles. The molecule has 144 valence electrons. The van der Waals surface area contributed by atoms with Crippen molar-refractivity contribution in [3.63, 3.8) is 0 Å². The van der Waals surface area contributed by atoms with Crippen molar-refractivity contribution in [2.75, 3.05) is 11.9 Å². The minimum Gasteiger partial charge on any atom is -0.491 e. The lowest BCUT2D eigenvalue weighted by Gasteiger charge is -2.31. The van der Waals surface area contributed by atoms with Gasteiger partial charge in [0.1, 0.15) is 12.4 Å². The van der Waals surface area contributed by atoms with E-state index in [-0.39, 0.29) is 11.5 Å². The first kappa shape index (κ1) is 19.5. The number of para-hydroxylation sites is 1. The zero-order chi connectivity index (χ0) is 19.3. The fraction of sp³-hybridized carbons (Fsp3) is 0.417. The third-order valence-corrected chi connectivity index (χ3v) is 5.33. The Morgan fingerprint density at radius 1 is 1.15 bits per heavy atom. The van der Waals surface area contributed by atoms with Crippen LogP contribution in [0.3, 0.4) is 0 Å². The van der Waals surface area contributed by atoms with Crippen molar-refractivity contribution in [3.05, 3.63) is 65.7 Å². The van der Waals surface area contributed by atoms with E-state index in [4.69, 9.17) is 4.74 Å². The van der Waals surface area contributed by atoms with Crippen molar-refractivity contribution < 1.29 is 9.84 Å². The molecule has 0 amide bonds. The van der Waals surface area contributed by atoms with Gasteiger partial charge in [-0.05, 0) is 41.2 Å². The first-order valence-electron chi connectivity index (χ1n) is 9.94. The van der Waals surface area contributed by atoms with E-state index in [1.807, 2.05) is 36.4 Å². The van der Waals surface area contributed by atoms with Crippen LogP contribution in [0.1, 0.15) is 57.3 Å². The second-order valence-corrected chi connectivity index (χ2v) is 8.08. The monoisotopic (exact) mass is 365 g/mol.